The number of benzene rings is 2. The van der Waals surface area contributed by atoms with E-state index in [4.69, 9.17) is 4.74 Å². The molecule has 2 saturated heterocycles. The minimum atomic E-state index is -3.16. The Labute approximate surface area is 237 Å². The predicted molar refractivity (Wildman–Crippen MR) is 158 cm³/mol. The third kappa shape index (κ3) is 6.22. The molecule has 40 heavy (non-hydrogen) atoms. The van der Waals surface area contributed by atoms with Crippen molar-refractivity contribution in [1.29, 1.82) is 0 Å². The molecule has 1 amide bonds. The second-order valence-electron chi connectivity index (χ2n) is 11.0. The van der Waals surface area contributed by atoms with Gasteiger partial charge in [-0.05, 0) is 81.3 Å². The molecule has 0 aromatic heterocycles. The third-order valence-corrected chi connectivity index (χ3v) is 10.1. The number of aliphatic hydroxyl groups is 1. The summed E-state index contributed by atoms with van der Waals surface area (Å²) in [7, 11) is -1.05. The first-order valence-electron chi connectivity index (χ1n) is 14.2. The van der Waals surface area contributed by atoms with Crippen molar-refractivity contribution in [3.05, 3.63) is 47.5 Å². The first-order chi connectivity index (χ1) is 19.1. The Bertz CT molecular complexity index is 1300. The van der Waals surface area contributed by atoms with Crippen molar-refractivity contribution in [2.24, 2.45) is 0 Å². The summed E-state index contributed by atoms with van der Waals surface area (Å²) in [4.78, 5) is 20.0. The molecule has 2 N–H and O–H groups in total. The zero-order valence-electron chi connectivity index (χ0n) is 23.7. The largest absolute Gasteiger partial charge is 0.478 e. The van der Waals surface area contributed by atoms with Gasteiger partial charge in [-0.15, -0.1) is 0 Å². The molecular weight excluding hydrogens is 530 g/mol. The van der Waals surface area contributed by atoms with Crippen LogP contribution in [0.15, 0.2) is 36.4 Å². The lowest BCUT2D eigenvalue weighted by atomic mass is 9.96. The van der Waals surface area contributed by atoms with E-state index in [1.165, 1.54) is 0 Å². The van der Waals surface area contributed by atoms with Crippen LogP contribution < -0.4 is 19.9 Å². The Hall–Kier alpha value is -2.86. The molecule has 0 bridgehead atoms. The monoisotopic (exact) mass is 571 g/mol. The van der Waals surface area contributed by atoms with Crippen LogP contribution in [0.1, 0.15) is 37.5 Å². The zero-order chi connectivity index (χ0) is 28.4. The number of rotatable bonds is 7. The van der Waals surface area contributed by atoms with Crippen molar-refractivity contribution in [3.8, 4) is 5.75 Å². The minimum Gasteiger partial charge on any atom is -0.478 e. The number of nitrogens with one attached hydrogen (secondary N) is 1. The minimum absolute atomic E-state index is 0.123. The van der Waals surface area contributed by atoms with Gasteiger partial charge in [0.1, 0.15) is 5.75 Å². The van der Waals surface area contributed by atoms with Crippen LogP contribution in [0.5, 0.6) is 5.75 Å². The molecule has 3 aliphatic rings. The summed E-state index contributed by atoms with van der Waals surface area (Å²) >= 11 is 0. The molecule has 5 rings (SSSR count). The summed E-state index contributed by atoms with van der Waals surface area (Å²) in [5.74, 6) is 0.693. The Kier molecular flexibility index (Phi) is 8.55. The van der Waals surface area contributed by atoms with E-state index in [1.54, 1.807) is 18.2 Å². The number of amides is 1. The van der Waals surface area contributed by atoms with E-state index >= 15 is 0 Å². The Morgan fingerprint density at radius 1 is 1.02 bits per heavy atom. The smallest absolute Gasteiger partial charge is 0.265 e. The highest BCUT2D eigenvalue weighted by Gasteiger charge is 2.31. The maximum Gasteiger partial charge on any atom is 0.265 e. The van der Waals surface area contributed by atoms with Gasteiger partial charge in [0.15, 0.2) is 6.10 Å². The summed E-state index contributed by atoms with van der Waals surface area (Å²) in [5.41, 5.74) is 4.55. The number of fused-ring (bicyclic) bond motifs is 1. The van der Waals surface area contributed by atoms with Crippen LogP contribution in [0.25, 0.3) is 0 Å². The van der Waals surface area contributed by atoms with Crippen LogP contribution in [-0.2, 0) is 21.2 Å². The standard InChI is InChI=1S/C29H41N5O5S/c1-4-40(37,38)34-17-15-32(16-18-34)25-8-6-24(7-9-25)30-29(36)27-10-5-22-19-23(21(2)35)20-26(28(22)39-27)33-13-11-31(3)12-14-33/h6-9,19-21,27,35H,4-5,10-18H2,1-3H3,(H,30,36). The summed E-state index contributed by atoms with van der Waals surface area (Å²) < 4.78 is 32.2. The lowest BCUT2D eigenvalue weighted by Crippen LogP contribution is -2.49. The number of likely N-dealkylation sites (N-methyl/N-ethyl adjacent to an activating group) is 1. The number of hydrogen-bond donors (Lipinski definition) is 2. The van der Waals surface area contributed by atoms with Gasteiger partial charge < -0.3 is 29.9 Å². The highest BCUT2D eigenvalue weighted by atomic mass is 32.2. The Morgan fingerprint density at radius 3 is 2.30 bits per heavy atom. The number of carbonyl (C=O) groups is 1. The quantitative estimate of drug-likeness (QED) is 0.522. The van der Waals surface area contributed by atoms with Crippen molar-refractivity contribution in [1.82, 2.24) is 9.21 Å². The Morgan fingerprint density at radius 2 is 1.68 bits per heavy atom. The van der Waals surface area contributed by atoms with E-state index in [9.17, 15) is 18.3 Å². The van der Waals surface area contributed by atoms with E-state index in [0.29, 0.717) is 44.7 Å². The van der Waals surface area contributed by atoms with Crippen molar-refractivity contribution in [3.63, 3.8) is 0 Å². The van der Waals surface area contributed by atoms with Crippen LogP contribution in [0.3, 0.4) is 0 Å². The molecule has 10 nitrogen and oxygen atoms in total. The molecule has 3 heterocycles. The molecule has 0 spiro atoms. The molecular formula is C29H41N5O5S. The number of aryl methyl sites for hydroxylation is 1. The lowest BCUT2D eigenvalue weighted by molar-refractivity contribution is -0.123. The fourth-order valence-corrected chi connectivity index (χ4v) is 6.68. The molecule has 2 atom stereocenters. The number of carbonyl (C=O) groups excluding carboxylic acids is 1. The van der Waals surface area contributed by atoms with Crippen LogP contribution in [0, 0.1) is 0 Å². The number of aliphatic hydroxyl groups excluding tert-OH is 1. The zero-order valence-corrected chi connectivity index (χ0v) is 24.5. The normalized spacial score (nSPS) is 21.4. The van der Waals surface area contributed by atoms with Gasteiger partial charge in [-0.25, -0.2) is 8.42 Å². The van der Waals surface area contributed by atoms with Gasteiger partial charge >= 0.3 is 0 Å². The lowest BCUT2D eigenvalue weighted by Gasteiger charge is -2.37. The van der Waals surface area contributed by atoms with Crippen LogP contribution >= 0.6 is 0 Å². The molecule has 0 radical (unpaired) electrons. The average Bonchev–Trinajstić information content (AvgIpc) is 2.97. The fourth-order valence-electron chi connectivity index (χ4n) is 5.60. The molecule has 0 aliphatic carbocycles. The Balaban J connectivity index is 1.24. The number of hydrogen-bond acceptors (Lipinski definition) is 8. The van der Waals surface area contributed by atoms with E-state index in [2.05, 4.69) is 27.1 Å². The molecule has 2 unspecified atom stereocenters. The van der Waals surface area contributed by atoms with Gasteiger partial charge in [-0.1, -0.05) is 0 Å². The molecule has 11 heteroatoms. The van der Waals surface area contributed by atoms with E-state index in [0.717, 1.165) is 54.4 Å². The third-order valence-electron chi connectivity index (χ3n) is 8.22. The highest BCUT2D eigenvalue weighted by Crippen LogP contribution is 2.40. The first-order valence-corrected chi connectivity index (χ1v) is 15.8. The van der Waals surface area contributed by atoms with Gasteiger partial charge in [0.25, 0.3) is 5.91 Å². The van der Waals surface area contributed by atoms with Gasteiger partial charge in [0, 0.05) is 63.7 Å². The SMILES string of the molecule is CCS(=O)(=O)N1CCN(c2ccc(NC(=O)C3CCc4cc(C(C)O)cc(N5CCN(C)CC5)c4O3)cc2)CC1. The molecule has 2 aromatic rings. The number of piperazine rings is 2. The molecule has 2 aromatic carbocycles. The van der Waals surface area contributed by atoms with Gasteiger partial charge in [-0.2, -0.15) is 4.31 Å². The van der Waals surface area contributed by atoms with Crippen LogP contribution in [0.4, 0.5) is 17.1 Å². The summed E-state index contributed by atoms with van der Waals surface area (Å²) in [5, 5.41) is 13.3. The van der Waals surface area contributed by atoms with Crippen molar-refractivity contribution < 1.29 is 23.1 Å². The second kappa shape index (κ2) is 11.9. The van der Waals surface area contributed by atoms with E-state index in [1.807, 2.05) is 36.4 Å². The second-order valence-corrected chi connectivity index (χ2v) is 13.2. The van der Waals surface area contributed by atoms with Crippen molar-refractivity contribution in [2.45, 2.75) is 38.9 Å². The van der Waals surface area contributed by atoms with Gasteiger partial charge in [0.05, 0.1) is 17.5 Å². The summed E-state index contributed by atoms with van der Waals surface area (Å²) in [6.45, 7) is 9.28. The topological polar surface area (TPSA) is 106 Å². The highest BCUT2D eigenvalue weighted by molar-refractivity contribution is 7.89. The van der Waals surface area contributed by atoms with Gasteiger partial charge in [0.2, 0.25) is 10.0 Å². The number of sulfonamides is 1. The number of anilines is 3. The number of nitrogens with zero attached hydrogens (tertiary/aromatic N) is 4. The molecule has 0 saturated carbocycles. The van der Waals surface area contributed by atoms with Crippen LogP contribution in [-0.4, -0.2) is 99.9 Å². The fraction of sp³-hybridized carbons (Fsp3) is 0.552. The summed E-state index contributed by atoms with van der Waals surface area (Å²) in [6, 6.07) is 11.7. The molecule has 2 fully saturated rings. The van der Waals surface area contributed by atoms with Crippen LogP contribution in [0.2, 0.25) is 0 Å². The van der Waals surface area contributed by atoms with Gasteiger partial charge in [-0.3, -0.25) is 4.79 Å². The summed E-state index contributed by atoms with van der Waals surface area (Å²) in [6.07, 6.45) is 0.0823. The van der Waals surface area contributed by atoms with Crippen molar-refractivity contribution in [2.75, 3.05) is 80.3 Å². The average molecular weight is 572 g/mol. The molecule has 218 valence electrons. The maximum absolute atomic E-state index is 13.3. The number of ether oxygens (including phenoxy) is 1. The molecule has 3 aliphatic heterocycles. The van der Waals surface area contributed by atoms with E-state index < -0.39 is 22.2 Å². The van der Waals surface area contributed by atoms with Crippen molar-refractivity contribution >= 4 is 33.0 Å². The maximum atomic E-state index is 13.3. The first kappa shape index (κ1) is 28.7. The van der Waals surface area contributed by atoms with E-state index in [-0.39, 0.29) is 11.7 Å². The predicted octanol–water partition coefficient (Wildman–Crippen LogP) is 2.30.